The molecule has 13 heavy (non-hydrogen) atoms. The van der Waals surface area contributed by atoms with E-state index in [1.165, 1.54) is 0 Å². The van der Waals surface area contributed by atoms with Gasteiger partial charge in [0.25, 0.3) is 0 Å². The summed E-state index contributed by atoms with van der Waals surface area (Å²) in [5.74, 6) is 0.791. The number of hydrogen-bond donors (Lipinski definition) is 1. The van der Waals surface area contributed by atoms with Crippen LogP contribution in [0.5, 0.6) is 5.75 Å². The maximum atomic E-state index is 5.91. The lowest BCUT2D eigenvalue weighted by Gasteiger charge is -2.13. The maximum absolute atomic E-state index is 5.91. The van der Waals surface area contributed by atoms with Crippen molar-refractivity contribution in [3.63, 3.8) is 0 Å². The highest BCUT2D eigenvalue weighted by atomic mass is 35.5. The lowest BCUT2D eigenvalue weighted by atomic mass is 10.0. The van der Waals surface area contributed by atoms with E-state index in [1.54, 1.807) is 13.2 Å². The topological polar surface area (TPSA) is 35.2 Å². The van der Waals surface area contributed by atoms with Crippen molar-refractivity contribution in [3.05, 3.63) is 28.3 Å². The smallest absolute Gasteiger partial charge is 0.123 e. The number of hydrogen-bond acceptors (Lipinski definition) is 2. The molecule has 0 amide bonds. The molecule has 0 saturated heterocycles. The first-order valence-corrected chi connectivity index (χ1v) is 4.53. The summed E-state index contributed by atoms with van der Waals surface area (Å²) < 4.78 is 5.18. The second kappa shape index (κ2) is 3.99. The first-order chi connectivity index (χ1) is 6.06. The zero-order chi connectivity index (χ0) is 10.0. The van der Waals surface area contributed by atoms with Gasteiger partial charge in [0.2, 0.25) is 0 Å². The SMILES string of the molecule is COc1cc(Cl)cc(C(C)N)c1C. The predicted octanol–water partition coefficient (Wildman–Crippen LogP) is 2.68. The zero-order valence-corrected chi connectivity index (χ0v) is 8.85. The molecule has 1 aromatic rings. The molecule has 1 rings (SSSR count). The summed E-state index contributed by atoms with van der Waals surface area (Å²) in [5, 5.41) is 0.662. The normalized spacial score (nSPS) is 12.7. The van der Waals surface area contributed by atoms with Crippen LogP contribution >= 0.6 is 11.6 Å². The van der Waals surface area contributed by atoms with E-state index < -0.39 is 0 Å². The van der Waals surface area contributed by atoms with Crippen LogP contribution in [0.15, 0.2) is 12.1 Å². The van der Waals surface area contributed by atoms with Gasteiger partial charge < -0.3 is 10.5 Å². The van der Waals surface area contributed by atoms with Gasteiger partial charge >= 0.3 is 0 Å². The highest BCUT2D eigenvalue weighted by molar-refractivity contribution is 6.30. The van der Waals surface area contributed by atoms with Crippen LogP contribution in [0, 0.1) is 6.92 Å². The van der Waals surface area contributed by atoms with Gasteiger partial charge in [0.05, 0.1) is 7.11 Å². The first-order valence-electron chi connectivity index (χ1n) is 4.16. The van der Waals surface area contributed by atoms with Crippen molar-refractivity contribution >= 4 is 11.6 Å². The molecule has 0 aliphatic carbocycles. The first kappa shape index (κ1) is 10.4. The largest absolute Gasteiger partial charge is 0.496 e. The summed E-state index contributed by atoms with van der Waals surface area (Å²) in [7, 11) is 1.63. The van der Waals surface area contributed by atoms with Crippen LogP contribution in [-0.4, -0.2) is 7.11 Å². The molecule has 1 aromatic carbocycles. The third-order valence-corrected chi connectivity index (χ3v) is 2.29. The minimum atomic E-state index is -0.0207. The van der Waals surface area contributed by atoms with Gasteiger partial charge in [-0.1, -0.05) is 11.6 Å². The molecule has 0 aliphatic rings. The molecule has 0 fully saturated rings. The summed E-state index contributed by atoms with van der Waals surface area (Å²) in [6, 6.07) is 3.65. The van der Waals surface area contributed by atoms with Crippen LogP contribution < -0.4 is 10.5 Å². The third kappa shape index (κ3) is 2.14. The summed E-state index contributed by atoms with van der Waals surface area (Å²) >= 11 is 5.91. The Morgan fingerprint density at radius 3 is 2.54 bits per heavy atom. The number of nitrogens with two attached hydrogens (primary N) is 1. The van der Waals surface area contributed by atoms with E-state index in [-0.39, 0.29) is 6.04 Å². The molecule has 2 nitrogen and oxygen atoms in total. The Kier molecular flexibility index (Phi) is 3.17. The van der Waals surface area contributed by atoms with E-state index in [2.05, 4.69) is 0 Å². The number of rotatable bonds is 2. The maximum Gasteiger partial charge on any atom is 0.123 e. The van der Waals surface area contributed by atoms with Crippen LogP contribution in [0.25, 0.3) is 0 Å². The van der Waals surface area contributed by atoms with Gasteiger partial charge in [-0.05, 0) is 37.1 Å². The molecular weight excluding hydrogens is 186 g/mol. The van der Waals surface area contributed by atoms with Crippen molar-refractivity contribution in [3.8, 4) is 5.75 Å². The van der Waals surface area contributed by atoms with E-state index >= 15 is 0 Å². The molecular formula is C10H14ClNO. The van der Waals surface area contributed by atoms with Gasteiger partial charge in [-0.2, -0.15) is 0 Å². The lowest BCUT2D eigenvalue weighted by Crippen LogP contribution is -2.07. The molecule has 0 radical (unpaired) electrons. The predicted molar refractivity (Wildman–Crippen MR) is 55.3 cm³/mol. The highest BCUT2D eigenvalue weighted by Crippen LogP contribution is 2.29. The zero-order valence-electron chi connectivity index (χ0n) is 8.10. The van der Waals surface area contributed by atoms with Crippen LogP contribution in [0.2, 0.25) is 5.02 Å². The number of ether oxygens (including phenoxy) is 1. The van der Waals surface area contributed by atoms with Crippen LogP contribution in [0.1, 0.15) is 24.1 Å². The van der Waals surface area contributed by atoms with Gasteiger partial charge in [-0.15, -0.1) is 0 Å². The Morgan fingerprint density at radius 1 is 1.46 bits per heavy atom. The van der Waals surface area contributed by atoms with E-state index in [9.17, 15) is 0 Å². The van der Waals surface area contributed by atoms with Crippen molar-refractivity contribution in [1.82, 2.24) is 0 Å². The standard InChI is InChI=1S/C10H14ClNO/c1-6-9(7(2)12)4-8(11)5-10(6)13-3/h4-5,7H,12H2,1-3H3. The Morgan fingerprint density at radius 2 is 2.08 bits per heavy atom. The van der Waals surface area contributed by atoms with Crippen LogP contribution in [-0.2, 0) is 0 Å². The molecule has 0 aliphatic heterocycles. The Hall–Kier alpha value is -0.730. The van der Waals surface area contributed by atoms with Gasteiger partial charge in [-0.3, -0.25) is 0 Å². The summed E-state index contributed by atoms with van der Waals surface area (Å²) in [6.45, 7) is 3.91. The van der Waals surface area contributed by atoms with Crippen molar-refractivity contribution < 1.29 is 4.74 Å². The Labute approximate surface area is 83.6 Å². The molecule has 2 N–H and O–H groups in total. The minimum Gasteiger partial charge on any atom is -0.496 e. The number of halogens is 1. The van der Waals surface area contributed by atoms with E-state index in [4.69, 9.17) is 22.1 Å². The quantitative estimate of drug-likeness (QED) is 0.795. The fourth-order valence-corrected chi connectivity index (χ4v) is 1.58. The Balaban J connectivity index is 3.27. The summed E-state index contributed by atoms with van der Waals surface area (Å²) in [4.78, 5) is 0. The fraction of sp³-hybridized carbons (Fsp3) is 0.400. The summed E-state index contributed by atoms with van der Waals surface area (Å²) in [6.07, 6.45) is 0. The van der Waals surface area contributed by atoms with Gasteiger partial charge in [0.15, 0.2) is 0 Å². The second-order valence-electron chi connectivity index (χ2n) is 3.11. The molecule has 0 aromatic heterocycles. The van der Waals surface area contributed by atoms with Gasteiger partial charge in [-0.25, -0.2) is 0 Å². The number of benzene rings is 1. The summed E-state index contributed by atoms with van der Waals surface area (Å²) in [5.41, 5.74) is 7.88. The molecule has 72 valence electrons. The number of methoxy groups -OCH3 is 1. The molecule has 1 unspecified atom stereocenters. The Bertz CT molecular complexity index is 310. The third-order valence-electron chi connectivity index (χ3n) is 2.08. The molecule has 0 saturated carbocycles. The average molecular weight is 200 g/mol. The van der Waals surface area contributed by atoms with Crippen molar-refractivity contribution in [2.24, 2.45) is 5.73 Å². The second-order valence-corrected chi connectivity index (χ2v) is 3.55. The minimum absolute atomic E-state index is 0.0207. The lowest BCUT2D eigenvalue weighted by molar-refractivity contribution is 0.410. The highest BCUT2D eigenvalue weighted by Gasteiger charge is 2.09. The van der Waals surface area contributed by atoms with Crippen LogP contribution in [0.3, 0.4) is 0 Å². The van der Waals surface area contributed by atoms with E-state index in [1.807, 2.05) is 19.9 Å². The van der Waals surface area contributed by atoms with Gasteiger partial charge in [0.1, 0.15) is 5.75 Å². The molecule has 3 heteroatoms. The van der Waals surface area contributed by atoms with Crippen molar-refractivity contribution in [1.29, 1.82) is 0 Å². The van der Waals surface area contributed by atoms with Crippen LogP contribution in [0.4, 0.5) is 0 Å². The fourth-order valence-electron chi connectivity index (χ4n) is 1.36. The average Bonchev–Trinajstić information content (AvgIpc) is 2.08. The molecule has 0 spiro atoms. The molecule has 0 bridgehead atoms. The van der Waals surface area contributed by atoms with Gasteiger partial charge in [0, 0.05) is 11.1 Å². The van der Waals surface area contributed by atoms with Crippen molar-refractivity contribution in [2.45, 2.75) is 19.9 Å². The van der Waals surface area contributed by atoms with E-state index in [0.717, 1.165) is 16.9 Å². The monoisotopic (exact) mass is 199 g/mol. The molecule has 0 heterocycles. The molecule has 1 atom stereocenters. The van der Waals surface area contributed by atoms with E-state index in [0.29, 0.717) is 5.02 Å². The van der Waals surface area contributed by atoms with Crippen molar-refractivity contribution in [2.75, 3.05) is 7.11 Å².